The molecule has 1 aromatic carbocycles. The van der Waals surface area contributed by atoms with Crippen LogP contribution in [0, 0.1) is 13.8 Å². The van der Waals surface area contributed by atoms with E-state index in [0.29, 0.717) is 16.3 Å². The highest BCUT2D eigenvalue weighted by atomic mass is 35.5. The molecular weight excluding hydrogens is 299 g/mol. The zero-order chi connectivity index (χ0) is 14.9. The zero-order valence-electron chi connectivity index (χ0n) is 10.9. The first-order chi connectivity index (χ1) is 9.38. The number of carbonyl (C=O) groups excluding carboxylic acids is 1. The summed E-state index contributed by atoms with van der Waals surface area (Å²) in [6, 6.07) is 6.24. The van der Waals surface area contributed by atoms with Gasteiger partial charge in [-0.2, -0.15) is 0 Å². The summed E-state index contributed by atoms with van der Waals surface area (Å²) in [5.41, 5.74) is 2.02. The lowest BCUT2D eigenvalue weighted by molar-refractivity contribution is 0.102. The van der Waals surface area contributed by atoms with Gasteiger partial charge >= 0.3 is 0 Å². The average Bonchev–Trinajstić information content (AvgIpc) is 2.35. The number of pyridine rings is 1. The van der Waals surface area contributed by atoms with Crippen molar-refractivity contribution in [3.8, 4) is 5.75 Å². The molecule has 0 fully saturated rings. The average molecular weight is 311 g/mol. The lowest BCUT2D eigenvalue weighted by atomic mass is 10.1. The number of carbonyl (C=O) groups is 1. The van der Waals surface area contributed by atoms with Gasteiger partial charge in [-0.25, -0.2) is 0 Å². The molecule has 104 valence electrons. The van der Waals surface area contributed by atoms with E-state index in [1.54, 1.807) is 19.1 Å². The quantitative estimate of drug-likeness (QED) is 0.825. The molecule has 1 amide bonds. The number of nitrogens with zero attached hydrogens (tertiary/aromatic N) is 1. The summed E-state index contributed by atoms with van der Waals surface area (Å²) in [7, 11) is 0. The molecule has 0 saturated carbocycles. The molecule has 0 aliphatic rings. The minimum atomic E-state index is -0.386. The van der Waals surface area contributed by atoms with E-state index in [0.717, 1.165) is 5.69 Å². The van der Waals surface area contributed by atoms with E-state index >= 15 is 0 Å². The monoisotopic (exact) mass is 310 g/mol. The van der Waals surface area contributed by atoms with Crippen molar-refractivity contribution in [2.24, 2.45) is 0 Å². The Morgan fingerprint density at radius 1 is 1.25 bits per heavy atom. The summed E-state index contributed by atoms with van der Waals surface area (Å²) in [6.45, 7) is 3.59. The van der Waals surface area contributed by atoms with Gasteiger partial charge in [0.15, 0.2) is 5.75 Å². The molecule has 0 saturated heterocycles. The second kappa shape index (κ2) is 5.69. The van der Waals surface area contributed by atoms with Gasteiger partial charge < -0.3 is 10.4 Å². The Hall–Kier alpha value is -1.78. The Labute approximate surface area is 126 Å². The van der Waals surface area contributed by atoms with E-state index in [2.05, 4.69) is 10.3 Å². The number of halogens is 2. The van der Waals surface area contributed by atoms with Crippen LogP contribution in [0.25, 0.3) is 0 Å². The summed E-state index contributed by atoms with van der Waals surface area (Å²) in [4.78, 5) is 16.4. The molecular formula is C14H12Cl2N2O2. The van der Waals surface area contributed by atoms with Crippen molar-refractivity contribution >= 4 is 34.8 Å². The van der Waals surface area contributed by atoms with Crippen LogP contribution in [0.3, 0.4) is 0 Å². The van der Waals surface area contributed by atoms with Gasteiger partial charge in [0, 0.05) is 10.7 Å². The van der Waals surface area contributed by atoms with Crippen molar-refractivity contribution in [1.82, 2.24) is 4.98 Å². The van der Waals surface area contributed by atoms with E-state index in [-0.39, 0.29) is 22.4 Å². The van der Waals surface area contributed by atoms with Crippen molar-refractivity contribution in [3.63, 3.8) is 0 Å². The molecule has 0 aliphatic carbocycles. The Morgan fingerprint density at radius 2 is 1.95 bits per heavy atom. The summed E-state index contributed by atoms with van der Waals surface area (Å²) in [6.07, 6.45) is 0. The van der Waals surface area contributed by atoms with Crippen molar-refractivity contribution in [2.45, 2.75) is 13.8 Å². The molecule has 2 N–H and O–H groups in total. The predicted octanol–water partition coefficient (Wildman–Crippen LogP) is 3.96. The van der Waals surface area contributed by atoms with Crippen LogP contribution in [-0.4, -0.2) is 16.0 Å². The molecule has 2 aromatic rings. The molecule has 0 spiro atoms. The molecule has 2 rings (SSSR count). The van der Waals surface area contributed by atoms with Gasteiger partial charge in [-0.1, -0.05) is 23.2 Å². The van der Waals surface area contributed by atoms with Gasteiger partial charge in [0.1, 0.15) is 0 Å². The van der Waals surface area contributed by atoms with Crippen molar-refractivity contribution in [2.75, 3.05) is 5.32 Å². The first-order valence-corrected chi connectivity index (χ1v) is 6.57. The van der Waals surface area contributed by atoms with Crippen molar-refractivity contribution < 1.29 is 9.90 Å². The van der Waals surface area contributed by atoms with Gasteiger partial charge in [0.05, 0.1) is 22.0 Å². The van der Waals surface area contributed by atoms with Crippen LogP contribution in [0.2, 0.25) is 10.0 Å². The number of nitrogens with one attached hydrogen (secondary N) is 1. The summed E-state index contributed by atoms with van der Waals surface area (Å²) >= 11 is 11.6. The van der Waals surface area contributed by atoms with E-state index < -0.39 is 0 Å². The Kier molecular flexibility index (Phi) is 4.16. The van der Waals surface area contributed by atoms with E-state index in [9.17, 15) is 9.90 Å². The molecule has 0 radical (unpaired) electrons. The third-order valence-electron chi connectivity index (χ3n) is 2.75. The van der Waals surface area contributed by atoms with Crippen LogP contribution in [0.4, 0.5) is 5.69 Å². The summed E-state index contributed by atoms with van der Waals surface area (Å²) in [5.74, 6) is -0.606. The van der Waals surface area contributed by atoms with Crippen LogP contribution in [-0.2, 0) is 0 Å². The largest absolute Gasteiger partial charge is 0.504 e. The molecule has 0 bridgehead atoms. The number of anilines is 1. The zero-order valence-corrected chi connectivity index (χ0v) is 12.4. The maximum absolute atomic E-state index is 12.2. The van der Waals surface area contributed by atoms with Gasteiger partial charge in [0.2, 0.25) is 0 Å². The summed E-state index contributed by atoms with van der Waals surface area (Å²) in [5, 5.41) is 12.8. The third-order valence-corrected chi connectivity index (χ3v) is 3.25. The fourth-order valence-corrected chi connectivity index (χ4v) is 2.27. The number of phenols is 1. The fourth-order valence-electron chi connectivity index (χ4n) is 1.78. The van der Waals surface area contributed by atoms with E-state index in [1.165, 1.54) is 12.1 Å². The van der Waals surface area contributed by atoms with Gasteiger partial charge in [-0.15, -0.1) is 0 Å². The highest BCUT2D eigenvalue weighted by Crippen LogP contribution is 2.35. The smallest absolute Gasteiger partial charge is 0.257 e. The summed E-state index contributed by atoms with van der Waals surface area (Å²) < 4.78 is 0. The first kappa shape index (κ1) is 14.6. The van der Waals surface area contributed by atoms with E-state index in [4.69, 9.17) is 23.2 Å². The number of aromatic hydroxyl groups is 1. The normalized spacial score (nSPS) is 10.4. The third kappa shape index (κ3) is 3.03. The lowest BCUT2D eigenvalue weighted by Crippen LogP contribution is -2.14. The number of aryl methyl sites for hydroxylation is 2. The van der Waals surface area contributed by atoms with Crippen LogP contribution < -0.4 is 5.32 Å². The number of rotatable bonds is 2. The molecule has 0 atom stereocenters. The standard InChI is InChI=1S/C14H12Cl2N2O2/c1-7-3-4-10(8(2)17-7)14(20)18-12-6-9(15)5-11(16)13(12)19/h3-6,19H,1-2H3,(H,18,20). The van der Waals surface area contributed by atoms with Gasteiger partial charge in [0.25, 0.3) is 5.91 Å². The predicted molar refractivity (Wildman–Crippen MR) is 79.8 cm³/mol. The number of amides is 1. The molecule has 1 heterocycles. The number of benzene rings is 1. The van der Waals surface area contributed by atoms with Crippen LogP contribution in [0.15, 0.2) is 24.3 Å². The topological polar surface area (TPSA) is 62.2 Å². The maximum Gasteiger partial charge on any atom is 0.257 e. The number of hydrogen-bond donors (Lipinski definition) is 2. The molecule has 1 aromatic heterocycles. The van der Waals surface area contributed by atoms with Crippen LogP contribution in [0.1, 0.15) is 21.7 Å². The van der Waals surface area contributed by atoms with Crippen LogP contribution >= 0.6 is 23.2 Å². The molecule has 6 heteroatoms. The Bertz CT molecular complexity index is 687. The maximum atomic E-state index is 12.2. The Morgan fingerprint density at radius 3 is 2.60 bits per heavy atom. The minimum Gasteiger partial charge on any atom is -0.504 e. The SMILES string of the molecule is Cc1ccc(C(=O)Nc2cc(Cl)cc(Cl)c2O)c(C)n1. The number of aromatic nitrogens is 1. The van der Waals surface area contributed by atoms with Crippen molar-refractivity contribution in [1.29, 1.82) is 0 Å². The number of hydrogen-bond acceptors (Lipinski definition) is 3. The van der Waals surface area contributed by atoms with Gasteiger partial charge in [-0.05, 0) is 38.1 Å². The molecule has 4 nitrogen and oxygen atoms in total. The second-order valence-electron chi connectivity index (χ2n) is 4.32. The van der Waals surface area contributed by atoms with E-state index in [1.807, 2.05) is 6.92 Å². The van der Waals surface area contributed by atoms with Crippen molar-refractivity contribution in [3.05, 3.63) is 51.3 Å². The fraction of sp³-hybridized carbons (Fsp3) is 0.143. The van der Waals surface area contributed by atoms with Crippen LogP contribution in [0.5, 0.6) is 5.75 Å². The lowest BCUT2D eigenvalue weighted by Gasteiger charge is -2.10. The molecule has 0 unspecified atom stereocenters. The molecule has 0 aliphatic heterocycles. The number of phenolic OH excluding ortho intramolecular Hbond substituents is 1. The minimum absolute atomic E-state index is 0.0755. The highest BCUT2D eigenvalue weighted by Gasteiger charge is 2.14. The first-order valence-electron chi connectivity index (χ1n) is 5.82. The highest BCUT2D eigenvalue weighted by molar-refractivity contribution is 6.36. The second-order valence-corrected chi connectivity index (χ2v) is 5.17. The van der Waals surface area contributed by atoms with Gasteiger partial charge in [-0.3, -0.25) is 9.78 Å². The molecule has 20 heavy (non-hydrogen) atoms. The Balaban J connectivity index is 2.32.